The van der Waals surface area contributed by atoms with E-state index in [1.807, 2.05) is 29.3 Å². The molecule has 40 heavy (non-hydrogen) atoms. The number of fused-ring (bicyclic) bond motifs is 1. The molecule has 4 aromatic carbocycles. The third kappa shape index (κ3) is 4.96. The van der Waals surface area contributed by atoms with Crippen molar-refractivity contribution in [3.63, 3.8) is 0 Å². The number of ether oxygens (including phenoxy) is 1. The first-order valence-electron chi connectivity index (χ1n) is 13.5. The minimum atomic E-state index is -0.375. The van der Waals surface area contributed by atoms with Gasteiger partial charge in [0.25, 0.3) is 0 Å². The molecule has 0 amide bonds. The predicted molar refractivity (Wildman–Crippen MR) is 160 cm³/mol. The lowest BCUT2D eigenvalue weighted by molar-refractivity contribution is 0.0600. The van der Waals surface area contributed by atoms with Crippen LogP contribution in [0.1, 0.15) is 59.3 Å². The second-order valence-electron chi connectivity index (χ2n) is 10.3. The van der Waals surface area contributed by atoms with E-state index in [9.17, 15) is 4.79 Å². The Morgan fingerprint density at radius 2 is 1.50 bits per heavy atom. The zero-order valence-corrected chi connectivity index (χ0v) is 22.8. The van der Waals surface area contributed by atoms with Gasteiger partial charge in [-0.05, 0) is 64.1 Å². The van der Waals surface area contributed by atoms with E-state index < -0.39 is 0 Å². The molecule has 1 atom stereocenters. The summed E-state index contributed by atoms with van der Waals surface area (Å²) in [4.78, 5) is 21.2. The molecular weight excluding hydrogens is 496 g/mol. The van der Waals surface area contributed by atoms with Crippen LogP contribution in [0.2, 0.25) is 0 Å². The van der Waals surface area contributed by atoms with E-state index in [2.05, 4.69) is 84.5 Å². The largest absolute Gasteiger partial charge is 0.465 e. The number of carbonyl (C=O) groups is 1. The van der Waals surface area contributed by atoms with Gasteiger partial charge in [0.1, 0.15) is 0 Å². The molecule has 0 spiro atoms. The molecule has 1 aromatic heterocycles. The van der Waals surface area contributed by atoms with Crippen molar-refractivity contribution >= 4 is 28.4 Å². The van der Waals surface area contributed by atoms with Crippen LogP contribution in [0.15, 0.2) is 108 Å². The summed E-state index contributed by atoms with van der Waals surface area (Å²) in [5, 5.41) is 7.09. The van der Waals surface area contributed by atoms with Crippen LogP contribution in [0.25, 0.3) is 22.2 Å². The van der Waals surface area contributed by atoms with Gasteiger partial charge in [-0.25, -0.2) is 4.79 Å². The molecule has 2 heterocycles. The van der Waals surface area contributed by atoms with E-state index in [0.29, 0.717) is 17.9 Å². The fourth-order valence-electron chi connectivity index (χ4n) is 5.18. The Kier molecular flexibility index (Phi) is 6.83. The summed E-state index contributed by atoms with van der Waals surface area (Å²) in [5.74, 6) is 0.135. The smallest absolute Gasteiger partial charge is 0.337 e. The maximum absolute atomic E-state index is 12.3. The standard InChI is InChI=1S/C34H30N4O2/c1-22(2)23-7-9-24(10-8-23)25-11-13-26(14-12-25)31-21-33(27-15-16-30-32(20-27)36-18-17-35-30)38(37-31)29-6-4-5-28(19-29)34(39)40-3/h4-20,22,33H,21H2,1-3H3. The predicted octanol–water partition coefficient (Wildman–Crippen LogP) is 7.56. The molecule has 0 saturated carbocycles. The molecule has 5 aromatic rings. The molecule has 1 unspecified atom stereocenters. The number of carbonyl (C=O) groups excluding carboxylic acids is 1. The molecule has 6 heteroatoms. The average molecular weight is 527 g/mol. The molecule has 1 aliphatic rings. The Bertz CT molecular complexity index is 1710. The maximum Gasteiger partial charge on any atom is 0.337 e. The van der Waals surface area contributed by atoms with Crippen LogP contribution in [0.5, 0.6) is 0 Å². The summed E-state index contributed by atoms with van der Waals surface area (Å²) >= 11 is 0. The first kappa shape index (κ1) is 25.4. The zero-order valence-electron chi connectivity index (χ0n) is 22.8. The molecule has 6 rings (SSSR count). The number of hydrogen-bond acceptors (Lipinski definition) is 6. The molecule has 0 fully saturated rings. The van der Waals surface area contributed by atoms with Gasteiger partial charge in [-0.3, -0.25) is 15.0 Å². The summed E-state index contributed by atoms with van der Waals surface area (Å²) in [6, 6.07) is 30.9. The van der Waals surface area contributed by atoms with E-state index in [-0.39, 0.29) is 12.0 Å². The molecule has 0 aliphatic carbocycles. The molecule has 0 radical (unpaired) electrons. The normalized spacial score (nSPS) is 14.9. The minimum Gasteiger partial charge on any atom is -0.465 e. The number of hydrazone groups is 1. The number of hydrogen-bond donors (Lipinski definition) is 0. The second-order valence-corrected chi connectivity index (χ2v) is 10.3. The topological polar surface area (TPSA) is 67.7 Å². The van der Waals surface area contributed by atoms with Crippen molar-refractivity contribution in [2.75, 3.05) is 12.1 Å². The summed E-state index contributed by atoms with van der Waals surface area (Å²) < 4.78 is 4.96. The Labute approximate surface area is 234 Å². The highest BCUT2D eigenvalue weighted by Gasteiger charge is 2.30. The molecular formula is C34H30N4O2. The van der Waals surface area contributed by atoms with Crippen LogP contribution in [0.4, 0.5) is 5.69 Å². The zero-order chi connectivity index (χ0) is 27.6. The van der Waals surface area contributed by atoms with E-state index >= 15 is 0 Å². The summed E-state index contributed by atoms with van der Waals surface area (Å²) in [5.41, 5.74) is 9.83. The first-order chi connectivity index (χ1) is 19.5. The van der Waals surface area contributed by atoms with Gasteiger partial charge < -0.3 is 4.74 Å². The Morgan fingerprint density at radius 3 is 2.20 bits per heavy atom. The van der Waals surface area contributed by atoms with Crippen LogP contribution >= 0.6 is 0 Å². The minimum absolute atomic E-state index is 0.0717. The van der Waals surface area contributed by atoms with Gasteiger partial charge in [0, 0.05) is 18.8 Å². The summed E-state index contributed by atoms with van der Waals surface area (Å²) in [7, 11) is 1.39. The lowest BCUT2D eigenvalue weighted by atomic mass is 9.95. The number of esters is 1. The summed E-state index contributed by atoms with van der Waals surface area (Å²) in [6.07, 6.45) is 4.11. The van der Waals surface area contributed by atoms with Gasteiger partial charge in [-0.15, -0.1) is 0 Å². The van der Waals surface area contributed by atoms with Crippen molar-refractivity contribution < 1.29 is 9.53 Å². The third-order valence-corrected chi connectivity index (χ3v) is 7.45. The van der Waals surface area contributed by atoms with Crippen molar-refractivity contribution in [3.05, 3.63) is 126 Å². The Hall–Kier alpha value is -4.84. The lowest BCUT2D eigenvalue weighted by Gasteiger charge is -2.24. The maximum atomic E-state index is 12.3. The van der Waals surface area contributed by atoms with E-state index in [0.717, 1.165) is 33.6 Å². The van der Waals surface area contributed by atoms with Crippen LogP contribution in [0, 0.1) is 0 Å². The number of aromatic nitrogens is 2. The van der Waals surface area contributed by atoms with Gasteiger partial charge in [-0.2, -0.15) is 5.10 Å². The SMILES string of the molecule is COC(=O)c1cccc(N2N=C(c3ccc(-c4ccc(C(C)C)cc4)cc3)CC2c2ccc3nccnc3c2)c1. The highest BCUT2D eigenvalue weighted by Crippen LogP contribution is 2.38. The number of benzene rings is 4. The van der Waals surface area contributed by atoms with Crippen molar-refractivity contribution in [1.82, 2.24) is 9.97 Å². The van der Waals surface area contributed by atoms with Crippen LogP contribution in [-0.4, -0.2) is 28.8 Å². The quantitative estimate of drug-likeness (QED) is 0.214. The molecule has 1 aliphatic heterocycles. The average Bonchev–Trinajstić information content (AvgIpc) is 3.46. The van der Waals surface area contributed by atoms with Crippen molar-refractivity contribution in [2.24, 2.45) is 5.10 Å². The lowest BCUT2D eigenvalue weighted by Crippen LogP contribution is -2.19. The number of nitrogens with zero attached hydrogens (tertiary/aromatic N) is 4. The van der Waals surface area contributed by atoms with Crippen LogP contribution in [-0.2, 0) is 4.74 Å². The van der Waals surface area contributed by atoms with Gasteiger partial charge in [0.05, 0.1) is 41.1 Å². The molecule has 6 nitrogen and oxygen atoms in total. The van der Waals surface area contributed by atoms with Crippen molar-refractivity contribution in [1.29, 1.82) is 0 Å². The van der Waals surface area contributed by atoms with E-state index in [4.69, 9.17) is 9.84 Å². The highest BCUT2D eigenvalue weighted by atomic mass is 16.5. The number of rotatable bonds is 6. The fraction of sp³-hybridized carbons (Fsp3) is 0.176. The Morgan fingerprint density at radius 1 is 0.825 bits per heavy atom. The molecule has 0 bridgehead atoms. The highest BCUT2D eigenvalue weighted by molar-refractivity contribution is 6.04. The molecule has 0 saturated heterocycles. The fourth-order valence-corrected chi connectivity index (χ4v) is 5.18. The van der Waals surface area contributed by atoms with E-state index in [1.54, 1.807) is 18.5 Å². The number of methoxy groups -OCH3 is 1. The van der Waals surface area contributed by atoms with Crippen molar-refractivity contribution in [3.8, 4) is 11.1 Å². The summed E-state index contributed by atoms with van der Waals surface area (Å²) in [6.45, 7) is 4.42. The van der Waals surface area contributed by atoms with Gasteiger partial charge in [0.2, 0.25) is 0 Å². The van der Waals surface area contributed by atoms with Gasteiger partial charge in [-0.1, -0.05) is 74.5 Å². The monoisotopic (exact) mass is 526 g/mol. The molecule has 198 valence electrons. The van der Waals surface area contributed by atoms with Crippen LogP contribution < -0.4 is 5.01 Å². The van der Waals surface area contributed by atoms with Gasteiger partial charge in [0.15, 0.2) is 0 Å². The van der Waals surface area contributed by atoms with Crippen LogP contribution in [0.3, 0.4) is 0 Å². The van der Waals surface area contributed by atoms with Gasteiger partial charge >= 0.3 is 5.97 Å². The Balaban J connectivity index is 1.35. The molecule has 0 N–H and O–H groups in total. The van der Waals surface area contributed by atoms with E-state index in [1.165, 1.54) is 23.8 Å². The second kappa shape index (κ2) is 10.7. The first-order valence-corrected chi connectivity index (χ1v) is 13.5. The van der Waals surface area contributed by atoms with Crippen molar-refractivity contribution in [2.45, 2.75) is 32.2 Å². The third-order valence-electron chi connectivity index (χ3n) is 7.45. The number of anilines is 1.